The Bertz CT molecular complexity index is 1370. The summed E-state index contributed by atoms with van der Waals surface area (Å²) in [7, 11) is 0. The van der Waals surface area contributed by atoms with Gasteiger partial charge in [-0.15, -0.1) is 0 Å². The number of carboxylic acid groups (broad SMARTS) is 1. The molecule has 12 nitrogen and oxygen atoms in total. The van der Waals surface area contributed by atoms with E-state index >= 15 is 0 Å². The van der Waals surface area contributed by atoms with E-state index in [1.807, 2.05) is 16.9 Å². The van der Waals surface area contributed by atoms with Gasteiger partial charge < -0.3 is 20.5 Å². The lowest BCUT2D eigenvalue weighted by molar-refractivity contribution is 0.124. The Morgan fingerprint density at radius 3 is 2.67 bits per heavy atom. The number of nitrogens with zero attached hydrogens (tertiary/aromatic N) is 8. The number of anilines is 1. The second kappa shape index (κ2) is 9.60. The number of aromatic nitrogens is 7. The standard InChI is InChI=1S/C23H24FN9O3/c1-14(17-12-15(24)2-3-20(17)33-27-7-8-28-33)36-22-21(25)26-13-19(29-22)18-6-11-32(30-18)16-4-9-31(10-5-16)23(34)35/h2-3,6-8,11-14,16H,4-5,9-10H2,1H3,(H2,25,26)(H,34,35)/t14-/m1/s1. The van der Waals surface area contributed by atoms with Crippen LogP contribution < -0.4 is 10.5 Å². The second-order valence-corrected chi connectivity index (χ2v) is 8.41. The van der Waals surface area contributed by atoms with E-state index in [1.165, 1.54) is 40.4 Å². The minimum atomic E-state index is -0.903. The zero-order chi connectivity index (χ0) is 25.2. The highest BCUT2D eigenvalue weighted by molar-refractivity contribution is 5.65. The van der Waals surface area contributed by atoms with Gasteiger partial charge in [0, 0.05) is 24.8 Å². The Labute approximate surface area is 205 Å². The van der Waals surface area contributed by atoms with E-state index in [0.717, 1.165) is 0 Å². The topological polar surface area (TPSA) is 150 Å². The predicted octanol–water partition coefficient (Wildman–Crippen LogP) is 3.10. The number of ether oxygens (including phenoxy) is 1. The van der Waals surface area contributed by atoms with Crippen molar-refractivity contribution in [3.63, 3.8) is 0 Å². The van der Waals surface area contributed by atoms with Gasteiger partial charge in [0.1, 0.15) is 23.3 Å². The molecule has 4 heterocycles. The van der Waals surface area contributed by atoms with Crippen molar-refractivity contribution in [3.05, 3.63) is 60.4 Å². The summed E-state index contributed by atoms with van der Waals surface area (Å²) in [4.78, 5) is 22.7. The predicted molar refractivity (Wildman–Crippen MR) is 126 cm³/mol. The van der Waals surface area contributed by atoms with Crippen molar-refractivity contribution in [1.29, 1.82) is 0 Å². The molecule has 5 rings (SSSR count). The number of halogens is 1. The fraction of sp³-hybridized carbons (Fsp3) is 0.304. The van der Waals surface area contributed by atoms with Gasteiger partial charge in [-0.3, -0.25) is 4.68 Å². The SMILES string of the molecule is C[C@@H](Oc1nc(-c2ccn(C3CCN(C(=O)O)CC3)n2)cnc1N)c1cc(F)ccc1-n1nccn1. The summed E-state index contributed by atoms with van der Waals surface area (Å²) in [6.07, 6.45) is 6.20. The highest BCUT2D eigenvalue weighted by atomic mass is 19.1. The third kappa shape index (κ3) is 4.67. The van der Waals surface area contributed by atoms with Crippen LogP contribution in [0.2, 0.25) is 0 Å². The lowest BCUT2D eigenvalue weighted by Gasteiger charge is -2.30. The number of benzene rings is 1. The Morgan fingerprint density at radius 2 is 1.94 bits per heavy atom. The van der Waals surface area contributed by atoms with Crippen molar-refractivity contribution in [2.24, 2.45) is 0 Å². The van der Waals surface area contributed by atoms with Crippen molar-refractivity contribution < 1.29 is 19.0 Å². The number of hydrogen-bond donors (Lipinski definition) is 2. The summed E-state index contributed by atoms with van der Waals surface area (Å²) < 4.78 is 21.9. The number of nitrogen functional groups attached to an aromatic ring is 1. The molecule has 1 atom stereocenters. The summed E-state index contributed by atoms with van der Waals surface area (Å²) in [5, 5.41) is 22.0. The smallest absolute Gasteiger partial charge is 0.407 e. The molecule has 13 heteroatoms. The maximum Gasteiger partial charge on any atom is 0.407 e. The molecule has 1 aromatic carbocycles. The third-order valence-corrected chi connectivity index (χ3v) is 6.10. The van der Waals surface area contributed by atoms with Crippen molar-refractivity contribution in [3.8, 4) is 23.0 Å². The van der Waals surface area contributed by atoms with Crippen LogP contribution in [0.5, 0.6) is 5.88 Å². The minimum absolute atomic E-state index is 0.0845. The minimum Gasteiger partial charge on any atom is -0.467 e. The van der Waals surface area contributed by atoms with E-state index in [-0.39, 0.29) is 17.7 Å². The van der Waals surface area contributed by atoms with E-state index in [9.17, 15) is 9.18 Å². The van der Waals surface area contributed by atoms with Crippen LogP contribution in [0, 0.1) is 5.82 Å². The van der Waals surface area contributed by atoms with Gasteiger partial charge in [0.2, 0.25) is 0 Å². The van der Waals surface area contributed by atoms with Crippen molar-refractivity contribution in [1.82, 2.24) is 39.6 Å². The second-order valence-electron chi connectivity index (χ2n) is 8.41. The molecule has 0 aliphatic carbocycles. The van der Waals surface area contributed by atoms with E-state index in [4.69, 9.17) is 15.6 Å². The monoisotopic (exact) mass is 493 g/mol. The molecule has 0 unspecified atom stereocenters. The molecule has 1 saturated heterocycles. The molecule has 186 valence electrons. The molecule has 1 aliphatic heterocycles. The van der Waals surface area contributed by atoms with Crippen molar-refractivity contribution in [2.45, 2.75) is 31.9 Å². The molecule has 1 aliphatic rings. The number of amides is 1. The Morgan fingerprint density at radius 1 is 1.19 bits per heavy atom. The van der Waals surface area contributed by atoms with E-state index in [0.29, 0.717) is 48.6 Å². The fourth-order valence-corrected chi connectivity index (χ4v) is 4.20. The van der Waals surface area contributed by atoms with E-state index in [1.54, 1.807) is 13.0 Å². The highest BCUT2D eigenvalue weighted by Gasteiger charge is 2.24. The quantitative estimate of drug-likeness (QED) is 0.413. The Kier molecular flexibility index (Phi) is 6.19. The number of rotatable bonds is 6. The highest BCUT2D eigenvalue weighted by Crippen LogP contribution is 2.30. The molecule has 3 aromatic heterocycles. The fourth-order valence-electron chi connectivity index (χ4n) is 4.20. The van der Waals surface area contributed by atoms with Crippen LogP contribution in [-0.2, 0) is 0 Å². The molecular weight excluding hydrogens is 469 g/mol. The summed E-state index contributed by atoms with van der Waals surface area (Å²) in [5.41, 5.74) is 8.14. The van der Waals surface area contributed by atoms with Crippen LogP contribution in [0.1, 0.15) is 37.5 Å². The molecule has 1 fully saturated rings. The van der Waals surface area contributed by atoms with Gasteiger partial charge in [-0.25, -0.2) is 19.2 Å². The first-order valence-electron chi connectivity index (χ1n) is 11.4. The van der Waals surface area contributed by atoms with Crippen LogP contribution in [0.15, 0.2) is 49.1 Å². The van der Waals surface area contributed by atoms with Gasteiger partial charge in [0.25, 0.3) is 5.88 Å². The normalized spacial score (nSPS) is 15.1. The van der Waals surface area contributed by atoms with Crippen LogP contribution in [0.25, 0.3) is 17.1 Å². The third-order valence-electron chi connectivity index (χ3n) is 6.10. The molecule has 36 heavy (non-hydrogen) atoms. The molecule has 0 saturated carbocycles. The summed E-state index contributed by atoms with van der Waals surface area (Å²) >= 11 is 0. The zero-order valence-corrected chi connectivity index (χ0v) is 19.4. The van der Waals surface area contributed by atoms with Crippen LogP contribution in [0.3, 0.4) is 0 Å². The molecule has 0 radical (unpaired) electrons. The summed E-state index contributed by atoms with van der Waals surface area (Å²) in [6.45, 7) is 2.67. The largest absolute Gasteiger partial charge is 0.467 e. The first-order chi connectivity index (χ1) is 17.4. The summed E-state index contributed by atoms with van der Waals surface area (Å²) in [5.74, 6) is -0.252. The average Bonchev–Trinajstić information content (AvgIpc) is 3.58. The van der Waals surface area contributed by atoms with Gasteiger partial charge in [0.05, 0.1) is 30.3 Å². The van der Waals surface area contributed by atoms with Crippen LogP contribution in [0.4, 0.5) is 15.0 Å². The maximum absolute atomic E-state index is 14.1. The molecule has 1 amide bonds. The van der Waals surface area contributed by atoms with Gasteiger partial charge in [0.15, 0.2) is 5.82 Å². The number of likely N-dealkylation sites (tertiary alicyclic amines) is 1. The molecule has 4 aromatic rings. The van der Waals surface area contributed by atoms with Gasteiger partial charge >= 0.3 is 6.09 Å². The molecule has 0 bridgehead atoms. The molecular formula is C23H24FN9O3. The first kappa shape index (κ1) is 23.2. The molecule has 0 spiro atoms. The lowest BCUT2D eigenvalue weighted by Crippen LogP contribution is -2.38. The number of hydrogen-bond acceptors (Lipinski definition) is 8. The number of nitrogens with two attached hydrogens (primary N) is 1. The van der Waals surface area contributed by atoms with Gasteiger partial charge in [-0.2, -0.15) is 20.1 Å². The van der Waals surface area contributed by atoms with E-state index in [2.05, 4.69) is 25.3 Å². The average molecular weight is 494 g/mol. The number of carbonyl (C=O) groups is 1. The van der Waals surface area contributed by atoms with Crippen molar-refractivity contribution in [2.75, 3.05) is 18.8 Å². The summed E-state index contributed by atoms with van der Waals surface area (Å²) in [6, 6.07) is 6.16. The van der Waals surface area contributed by atoms with Crippen LogP contribution >= 0.6 is 0 Å². The van der Waals surface area contributed by atoms with Crippen LogP contribution in [-0.4, -0.2) is 63.9 Å². The lowest BCUT2D eigenvalue weighted by atomic mass is 10.1. The zero-order valence-electron chi connectivity index (χ0n) is 19.4. The molecule has 3 N–H and O–H groups in total. The Hall–Kier alpha value is -4.55. The Balaban J connectivity index is 1.36. The first-order valence-corrected chi connectivity index (χ1v) is 11.4. The van der Waals surface area contributed by atoms with Gasteiger partial charge in [-0.05, 0) is 44.0 Å². The number of piperidine rings is 1. The van der Waals surface area contributed by atoms with Gasteiger partial charge in [-0.1, -0.05) is 0 Å². The van der Waals surface area contributed by atoms with Crippen molar-refractivity contribution >= 4 is 11.9 Å². The van der Waals surface area contributed by atoms with E-state index < -0.39 is 18.0 Å². The maximum atomic E-state index is 14.1.